The molecule has 0 aliphatic heterocycles. The highest BCUT2D eigenvalue weighted by Gasteiger charge is 2.28. The van der Waals surface area contributed by atoms with Gasteiger partial charge in [0.2, 0.25) is 5.91 Å². The van der Waals surface area contributed by atoms with Gasteiger partial charge in [-0.2, -0.15) is 5.26 Å². The van der Waals surface area contributed by atoms with Gasteiger partial charge in [-0.15, -0.1) is 11.3 Å². The first-order valence-electron chi connectivity index (χ1n) is 10.5. The lowest BCUT2D eigenvalue weighted by molar-refractivity contribution is -0.111. The number of aromatic nitrogens is 1. The molecule has 0 saturated heterocycles. The third kappa shape index (κ3) is 5.87. The molecular weight excluding hydrogens is 440 g/mol. The molecule has 168 valence electrons. The predicted octanol–water partition coefficient (Wildman–Crippen LogP) is 4.09. The summed E-state index contributed by atoms with van der Waals surface area (Å²) >= 11 is 1.35. The van der Waals surface area contributed by atoms with Crippen LogP contribution in [0.2, 0.25) is 0 Å². The Morgan fingerprint density at radius 2 is 2.27 bits per heavy atom. The molecule has 0 spiro atoms. The molecule has 0 fully saturated rings. The fraction of sp³-hybridized carbons (Fsp3) is 0.250. The second-order valence-electron chi connectivity index (χ2n) is 7.47. The number of hydrogen-bond acceptors (Lipinski definition) is 7. The third-order valence-corrected chi connectivity index (χ3v) is 6.36. The lowest BCUT2D eigenvalue weighted by Gasteiger charge is -2.22. The smallest absolute Gasteiger partial charge is 0.407 e. The topological polar surface area (TPSA) is 117 Å². The fourth-order valence-corrected chi connectivity index (χ4v) is 4.87. The number of carbonyl (C=O) groups is 2. The van der Waals surface area contributed by atoms with Crippen molar-refractivity contribution in [1.29, 1.82) is 5.26 Å². The average Bonchev–Trinajstić information content (AvgIpc) is 3.45. The van der Waals surface area contributed by atoms with Crippen molar-refractivity contribution in [3.63, 3.8) is 0 Å². The van der Waals surface area contributed by atoms with Crippen LogP contribution in [0, 0.1) is 11.3 Å². The van der Waals surface area contributed by atoms with Crippen LogP contribution in [0.25, 0.3) is 6.08 Å². The van der Waals surface area contributed by atoms with Gasteiger partial charge in [0.1, 0.15) is 22.9 Å². The van der Waals surface area contributed by atoms with E-state index in [1.54, 1.807) is 30.6 Å². The molecule has 0 saturated carbocycles. The first-order chi connectivity index (χ1) is 16.1. The maximum absolute atomic E-state index is 12.3. The number of furan rings is 1. The number of ether oxygens (including phenoxy) is 1. The maximum atomic E-state index is 12.3. The highest BCUT2D eigenvalue weighted by atomic mass is 32.1. The van der Waals surface area contributed by atoms with E-state index in [1.165, 1.54) is 23.7 Å². The summed E-state index contributed by atoms with van der Waals surface area (Å²) in [6, 6.07) is 9.49. The molecule has 9 heteroatoms. The molecule has 33 heavy (non-hydrogen) atoms. The molecule has 8 nitrogen and oxygen atoms in total. The van der Waals surface area contributed by atoms with Crippen molar-refractivity contribution >= 4 is 34.4 Å². The van der Waals surface area contributed by atoms with Crippen molar-refractivity contribution in [3.8, 4) is 6.07 Å². The Labute approximate surface area is 194 Å². The molecule has 1 aliphatic carbocycles. The Balaban J connectivity index is 1.31. The molecule has 1 atom stereocenters. The van der Waals surface area contributed by atoms with E-state index in [9.17, 15) is 14.9 Å². The lowest BCUT2D eigenvalue weighted by Crippen LogP contribution is -2.33. The second-order valence-corrected chi connectivity index (χ2v) is 8.57. The third-order valence-electron chi connectivity index (χ3n) is 5.19. The van der Waals surface area contributed by atoms with Crippen molar-refractivity contribution in [2.24, 2.45) is 0 Å². The summed E-state index contributed by atoms with van der Waals surface area (Å²) in [4.78, 5) is 29.5. The molecule has 0 aromatic carbocycles. The number of thiophene rings is 1. The Morgan fingerprint density at radius 1 is 1.36 bits per heavy atom. The Bertz CT molecular complexity index is 1180. The fourth-order valence-electron chi connectivity index (χ4n) is 3.61. The summed E-state index contributed by atoms with van der Waals surface area (Å²) in [7, 11) is 0. The zero-order chi connectivity index (χ0) is 23.0. The van der Waals surface area contributed by atoms with Crippen LogP contribution in [0.15, 0.2) is 53.4 Å². The van der Waals surface area contributed by atoms with Crippen LogP contribution in [-0.4, -0.2) is 29.6 Å². The largest absolute Gasteiger partial charge is 0.465 e. The van der Waals surface area contributed by atoms with E-state index < -0.39 is 6.09 Å². The number of nitrogens with one attached hydrogen (secondary N) is 2. The van der Waals surface area contributed by atoms with Gasteiger partial charge in [0.25, 0.3) is 0 Å². The van der Waals surface area contributed by atoms with Crippen molar-refractivity contribution in [2.45, 2.75) is 31.8 Å². The van der Waals surface area contributed by atoms with Crippen molar-refractivity contribution in [3.05, 3.63) is 76.3 Å². The number of nitriles is 1. The lowest BCUT2D eigenvalue weighted by atomic mass is 9.94. The van der Waals surface area contributed by atoms with Gasteiger partial charge in [-0.25, -0.2) is 4.79 Å². The molecule has 4 rings (SSSR count). The minimum absolute atomic E-state index is 0.275. The summed E-state index contributed by atoms with van der Waals surface area (Å²) in [5.41, 5.74) is 2.44. The van der Waals surface area contributed by atoms with Crippen LogP contribution >= 0.6 is 11.3 Å². The van der Waals surface area contributed by atoms with Crippen molar-refractivity contribution in [1.82, 2.24) is 10.3 Å². The first-order valence-corrected chi connectivity index (χ1v) is 11.3. The van der Waals surface area contributed by atoms with Crippen molar-refractivity contribution in [2.75, 3.05) is 11.9 Å². The van der Waals surface area contributed by atoms with Gasteiger partial charge in [-0.05, 0) is 54.7 Å². The zero-order valence-electron chi connectivity index (χ0n) is 17.7. The summed E-state index contributed by atoms with van der Waals surface area (Å²) in [6.07, 6.45) is 9.62. The summed E-state index contributed by atoms with van der Waals surface area (Å²) in [5, 5.41) is 15.7. The minimum Gasteiger partial charge on any atom is -0.465 e. The van der Waals surface area contributed by atoms with Crippen LogP contribution in [0.1, 0.15) is 33.7 Å². The predicted molar refractivity (Wildman–Crippen MR) is 124 cm³/mol. The van der Waals surface area contributed by atoms with E-state index >= 15 is 0 Å². The number of nitrogens with zero attached hydrogens (tertiary/aromatic N) is 2. The van der Waals surface area contributed by atoms with Gasteiger partial charge in [-0.3, -0.25) is 9.78 Å². The number of anilines is 1. The molecule has 1 aliphatic rings. The first kappa shape index (κ1) is 22.3. The maximum Gasteiger partial charge on any atom is 0.407 e. The van der Waals surface area contributed by atoms with Gasteiger partial charge >= 0.3 is 6.09 Å². The van der Waals surface area contributed by atoms with Crippen molar-refractivity contribution < 1.29 is 18.7 Å². The van der Waals surface area contributed by atoms with E-state index in [1.807, 2.05) is 12.1 Å². The minimum atomic E-state index is -0.457. The zero-order valence-corrected chi connectivity index (χ0v) is 18.6. The Hall–Kier alpha value is -3.90. The molecular formula is C24H22N4O4S. The van der Waals surface area contributed by atoms with Crippen LogP contribution in [0.5, 0.6) is 0 Å². The normalized spacial score (nSPS) is 14.9. The number of amides is 2. The van der Waals surface area contributed by atoms with Crippen LogP contribution < -0.4 is 10.6 Å². The van der Waals surface area contributed by atoms with E-state index in [4.69, 9.17) is 9.15 Å². The Kier molecular flexibility index (Phi) is 7.17. The molecule has 3 aromatic heterocycles. The van der Waals surface area contributed by atoms with Crippen LogP contribution in [0.3, 0.4) is 0 Å². The van der Waals surface area contributed by atoms with Gasteiger partial charge in [0, 0.05) is 36.3 Å². The van der Waals surface area contributed by atoms with E-state index in [0.29, 0.717) is 48.6 Å². The van der Waals surface area contributed by atoms with Crippen LogP contribution in [0.4, 0.5) is 9.80 Å². The molecule has 2 amide bonds. The standard InChI is InChI=1S/C24H22N4O4S/c25-14-20-19-7-5-18(32-24(30)27-11-9-16-3-1-10-26-15-16)13-21(19)33-23(20)28-22(29)8-6-17-4-2-12-31-17/h1-4,6,8,10,12,15,18H,5,7,9,11,13H2,(H,27,30)(H,28,29)/b8-6+. The Morgan fingerprint density at radius 3 is 3.03 bits per heavy atom. The van der Waals surface area contributed by atoms with Crippen LogP contribution in [-0.2, 0) is 28.8 Å². The summed E-state index contributed by atoms with van der Waals surface area (Å²) in [5.74, 6) is 0.220. The molecule has 0 bridgehead atoms. The van der Waals surface area contributed by atoms with E-state index in [0.717, 1.165) is 16.0 Å². The molecule has 0 radical (unpaired) electrons. The monoisotopic (exact) mass is 462 g/mol. The molecule has 1 unspecified atom stereocenters. The highest BCUT2D eigenvalue weighted by Crippen LogP contribution is 2.38. The quantitative estimate of drug-likeness (QED) is 0.511. The number of alkyl carbamates (subject to hydrolysis) is 1. The highest BCUT2D eigenvalue weighted by molar-refractivity contribution is 7.16. The average molecular weight is 463 g/mol. The molecule has 3 aromatic rings. The summed E-state index contributed by atoms with van der Waals surface area (Å²) < 4.78 is 10.7. The molecule has 2 N–H and O–H groups in total. The number of rotatable bonds is 7. The van der Waals surface area contributed by atoms with Gasteiger partial charge in [0.15, 0.2) is 0 Å². The molecule has 3 heterocycles. The van der Waals surface area contributed by atoms with E-state index in [-0.39, 0.29) is 12.0 Å². The van der Waals surface area contributed by atoms with E-state index in [2.05, 4.69) is 21.7 Å². The van der Waals surface area contributed by atoms with Gasteiger partial charge in [0.05, 0.1) is 11.8 Å². The second kappa shape index (κ2) is 10.6. The number of carbonyl (C=O) groups excluding carboxylic acids is 2. The SMILES string of the molecule is N#Cc1c(NC(=O)/C=C/c2ccco2)sc2c1CCC(OC(=O)NCCc1cccnc1)C2. The number of hydrogen-bond donors (Lipinski definition) is 2. The summed E-state index contributed by atoms with van der Waals surface area (Å²) in [6.45, 7) is 0.460. The van der Waals surface area contributed by atoms with Gasteiger partial charge in [-0.1, -0.05) is 6.07 Å². The van der Waals surface area contributed by atoms with Gasteiger partial charge < -0.3 is 19.8 Å². The number of fused-ring (bicyclic) bond motifs is 1. The number of pyridine rings is 1.